The fourth-order valence-corrected chi connectivity index (χ4v) is 4.43. The predicted molar refractivity (Wildman–Crippen MR) is 82.3 cm³/mol. The summed E-state index contributed by atoms with van der Waals surface area (Å²) >= 11 is 0. The minimum atomic E-state index is -2.99. The van der Waals surface area contributed by atoms with E-state index in [-0.39, 0.29) is 5.75 Å². The number of sulfonamides is 1. The summed E-state index contributed by atoms with van der Waals surface area (Å²) in [4.78, 5) is 2.41. The second-order valence-corrected chi connectivity index (χ2v) is 8.51. The van der Waals surface area contributed by atoms with Crippen molar-refractivity contribution in [3.8, 4) is 0 Å². The first kappa shape index (κ1) is 16.2. The Morgan fingerprint density at radius 3 is 2.45 bits per heavy atom. The van der Waals surface area contributed by atoms with Crippen molar-refractivity contribution >= 4 is 10.0 Å². The van der Waals surface area contributed by atoms with E-state index in [1.54, 1.807) is 11.2 Å². The maximum Gasteiger partial charge on any atom is 0.213 e. The number of rotatable bonds is 5. The predicted octanol–water partition coefficient (Wildman–Crippen LogP) is 0.732. The average molecular weight is 303 g/mol. The lowest BCUT2D eigenvalue weighted by Crippen LogP contribution is -2.47. The summed E-state index contributed by atoms with van der Waals surface area (Å²) in [6, 6.07) is 0.491. The Bertz CT molecular complexity index is 391. The SMILES string of the molecule is CCS(=O)(=O)N1CCC(NCC2CCCN(C)C2)CC1. The molecule has 0 bridgehead atoms. The van der Waals surface area contributed by atoms with Crippen molar-refractivity contribution in [2.75, 3.05) is 45.5 Å². The van der Waals surface area contributed by atoms with E-state index in [4.69, 9.17) is 0 Å². The highest BCUT2D eigenvalue weighted by molar-refractivity contribution is 7.89. The molecule has 2 saturated heterocycles. The van der Waals surface area contributed by atoms with Crippen molar-refractivity contribution in [2.24, 2.45) is 5.92 Å². The van der Waals surface area contributed by atoms with Gasteiger partial charge in [0.05, 0.1) is 5.75 Å². The van der Waals surface area contributed by atoms with Crippen LogP contribution in [0.15, 0.2) is 0 Å². The molecule has 2 aliphatic heterocycles. The first-order chi connectivity index (χ1) is 9.51. The van der Waals surface area contributed by atoms with E-state index in [2.05, 4.69) is 17.3 Å². The molecule has 6 heteroatoms. The first-order valence-electron chi connectivity index (χ1n) is 7.91. The average Bonchev–Trinajstić information content (AvgIpc) is 2.46. The molecule has 0 aromatic heterocycles. The second-order valence-electron chi connectivity index (χ2n) is 6.25. The zero-order chi connectivity index (χ0) is 14.6. The van der Waals surface area contributed by atoms with Gasteiger partial charge in [0.15, 0.2) is 0 Å². The van der Waals surface area contributed by atoms with Gasteiger partial charge in [0.1, 0.15) is 0 Å². The van der Waals surface area contributed by atoms with E-state index in [0.717, 1.165) is 25.3 Å². The van der Waals surface area contributed by atoms with Crippen molar-refractivity contribution in [3.05, 3.63) is 0 Å². The summed E-state index contributed by atoms with van der Waals surface area (Å²) in [6.07, 6.45) is 4.51. The Labute approximate surface area is 123 Å². The van der Waals surface area contributed by atoms with Crippen molar-refractivity contribution in [3.63, 3.8) is 0 Å². The van der Waals surface area contributed by atoms with E-state index >= 15 is 0 Å². The fraction of sp³-hybridized carbons (Fsp3) is 1.00. The Balaban J connectivity index is 1.69. The summed E-state index contributed by atoms with van der Waals surface area (Å²) in [5.41, 5.74) is 0. The van der Waals surface area contributed by atoms with Gasteiger partial charge in [0.2, 0.25) is 10.0 Å². The van der Waals surface area contributed by atoms with Gasteiger partial charge in [-0.2, -0.15) is 0 Å². The quantitative estimate of drug-likeness (QED) is 0.814. The van der Waals surface area contributed by atoms with Crippen LogP contribution in [0.5, 0.6) is 0 Å². The summed E-state index contributed by atoms with van der Waals surface area (Å²) in [5, 5.41) is 3.65. The highest BCUT2D eigenvalue weighted by atomic mass is 32.2. The monoisotopic (exact) mass is 303 g/mol. The molecule has 20 heavy (non-hydrogen) atoms. The lowest BCUT2D eigenvalue weighted by Gasteiger charge is -2.34. The maximum atomic E-state index is 11.8. The third kappa shape index (κ3) is 4.41. The fourth-order valence-electron chi connectivity index (χ4n) is 3.29. The van der Waals surface area contributed by atoms with Crippen LogP contribution in [0.1, 0.15) is 32.6 Å². The molecule has 0 saturated carbocycles. The molecule has 2 heterocycles. The van der Waals surface area contributed by atoms with Crippen molar-refractivity contribution in [1.29, 1.82) is 0 Å². The molecule has 0 radical (unpaired) electrons. The van der Waals surface area contributed by atoms with Crippen LogP contribution in [0.4, 0.5) is 0 Å². The smallest absolute Gasteiger partial charge is 0.213 e. The highest BCUT2D eigenvalue weighted by Gasteiger charge is 2.27. The number of likely N-dealkylation sites (tertiary alicyclic amines) is 1. The van der Waals surface area contributed by atoms with Crippen molar-refractivity contribution in [1.82, 2.24) is 14.5 Å². The number of hydrogen-bond donors (Lipinski definition) is 1. The van der Waals surface area contributed by atoms with E-state index < -0.39 is 10.0 Å². The maximum absolute atomic E-state index is 11.8. The molecule has 0 aromatic carbocycles. The minimum absolute atomic E-state index is 0.222. The zero-order valence-electron chi connectivity index (χ0n) is 12.8. The lowest BCUT2D eigenvalue weighted by molar-refractivity contribution is 0.195. The Morgan fingerprint density at radius 1 is 1.15 bits per heavy atom. The van der Waals surface area contributed by atoms with Crippen LogP contribution in [0.3, 0.4) is 0 Å². The normalized spacial score (nSPS) is 27.8. The third-order valence-corrected chi connectivity index (χ3v) is 6.51. The van der Waals surface area contributed by atoms with Gasteiger partial charge in [-0.25, -0.2) is 12.7 Å². The molecule has 0 aliphatic carbocycles. The lowest BCUT2D eigenvalue weighted by atomic mass is 9.97. The van der Waals surface area contributed by atoms with Crippen LogP contribution in [-0.2, 0) is 10.0 Å². The molecular formula is C14H29N3O2S. The summed E-state index contributed by atoms with van der Waals surface area (Å²) in [5.74, 6) is 0.977. The van der Waals surface area contributed by atoms with Crippen molar-refractivity contribution in [2.45, 2.75) is 38.6 Å². The van der Waals surface area contributed by atoms with Crippen molar-refractivity contribution < 1.29 is 8.42 Å². The van der Waals surface area contributed by atoms with E-state index in [1.165, 1.54) is 25.9 Å². The minimum Gasteiger partial charge on any atom is -0.314 e. The molecular weight excluding hydrogens is 274 g/mol. The summed E-state index contributed by atoms with van der Waals surface area (Å²) in [6.45, 7) is 6.57. The molecule has 0 amide bonds. The van der Waals surface area contributed by atoms with Gasteiger partial charge >= 0.3 is 0 Å². The summed E-state index contributed by atoms with van der Waals surface area (Å²) in [7, 11) is -0.794. The zero-order valence-corrected chi connectivity index (χ0v) is 13.7. The van der Waals surface area contributed by atoms with Crippen LogP contribution in [-0.4, -0.2) is 69.2 Å². The van der Waals surface area contributed by atoms with E-state index in [1.807, 2.05) is 0 Å². The van der Waals surface area contributed by atoms with Crippen LogP contribution in [0.2, 0.25) is 0 Å². The Hall–Kier alpha value is -0.170. The van der Waals surface area contributed by atoms with Gasteiger partial charge in [-0.05, 0) is 58.7 Å². The number of nitrogens with zero attached hydrogens (tertiary/aromatic N) is 2. The highest BCUT2D eigenvalue weighted by Crippen LogP contribution is 2.17. The molecule has 1 unspecified atom stereocenters. The van der Waals surface area contributed by atoms with Gasteiger partial charge < -0.3 is 10.2 Å². The molecule has 0 spiro atoms. The van der Waals surface area contributed by atoms with Gasteiger partial charge in [0.25, 0.3) is 0 Å². The molecule has 5 nitrogen and oxygen atoms in total. The Morgan fingerprint density at radius 2 is 1.85 bits per heavy atom. The van der Waals surface area contributed by atoms with E-state index in [9.17, 15) is 8.42 Å². The van der Waals surface area contributed by atoms with Gasteiger partial charge in [-0.3, -0.25) is 0 Å². The van der Waals surface area contributed by atoms with Gasteiger partial charge in [-0.15, -0.1) is 0 Å². The largest absolute Gasteiger partial charge is 0.314 e. The molecule has 0 aromatic rings. The van der Waals surface area contributed by atoms with Crippen LogP contribution in [0.25, 0.3) is 0 Å². The van der Waals surface area contributed by atoms with Crippen LogP contribution < -0.4 is 5.32 Å². The Kier molecular flexibility index (Phi) is 5.84. The molecule has 1 N–H and O–H groups in total. The molecule has 2 fully saturated rings. The number of piperidine rings is 2. The molecule has 118 valence electrons. The van der Waals surface area contributed by atoms with E-state index in [0.29, 0.717) is 19.1 Å². The molecule has 2 aliphatic rings. The third-order valence-electron chi connectivity index (χ3n) is 4.63. The molecule has 2 rings (SSSR count). The van der Waals surface area contributed by atoms with Gasteiger partial charge in [-0.1, -0.05) is 0 Å². The number of hydrogen-bond acceptors (Lipinski definition) is 4. The van der Waals surface area contributed by atoms with Crippen LogP contribution >= 0.6 is 0 Å². The standard InChI is InChI=1S/C14H29N3O2S/c1-3-20(18,19)17-9-6-14(7-10-17)15-11-13-5-4-8-16(2)12-13/h13-15H,3-12H2,1-2H3. The van der Waals surface area contributed by atoms with Crippen LogP contribution in [0, 0.1) is 5.92 Å². The second kappa shape index (κ2) is 7.20. The molecule has 1 atom stereocenters. The number of nitrogens with one attached hydrogen (secondary N) is 1. The topological polar surface area (TPSA) is 52.7 Å². The first-order valence-corrected chi connectivity index (χ1v) is 9.52. The summed E-state index contributed by atoms with van der Waals surface area (Å²) < 4.78 is 25.3. The van der Waals surface area contributed by atoms with Gasteiger partial charge in [0, 0.05) is 25.7 Å².